The molecular weight excluding hydrogens is 254 g/mol. The van der Waals surface area contributed by atoms with Crippen molar-refractivity contribution in [3.63, 3.8) is 0 Å². The normalized spacial score (nSPS) is 15.9. The summed E-state index contributed by atoms with van der Waals surface area (Å²) in [7, 11) is 0. The fourth-order valence-corrected chi connectivity index (χ4v) is 3.44. The highest BCUT2D eigenvalue weighted by Crippen LogP contribution is 2.26. The van der Waals surface area contributed by atoms with Crippen LogP contribution in [0.15, 0.2) is 30.3 Å². The molecule has 4 heteroatoms. The number of aromatic nitrogens is 1. The lowest BCUT2D eigenvalue weighted by molar-refractivity contribution is 0.825. The summed E-state index contributed by atoms with van der Waals surface area (Å²) in [6, 6.07) is 10.6. The van der Waals surface area contributed by atoms with Gasteiger partial charge in [-0.3, -0.25) is 0 Å². The van der Waals surface area contributed by atoms with Crippen LogP contribution in [0, 0.1) is 0 Å². The van der Waals surface area contributed by atoms with E-state index in [4.69, 9.17) is 10.7 Å². The number of nitrogens with zero attached hydrogens (tertiary/aromatic N) is 2. The van der Waals surface area contributed by atoms with Crippen LogP contribution in [0.3, 0.4) is 0 Å². The van der Waals surface area contributed by atoms with Gasteiger partial charge in [0.05, 0.1) is 5.52 Å². The average molecular weight is 273 g/mol. The topological polar surface area (TPSA) is 42.1 Å². The van der Waals surface area contributed by atoms with Crippen molar-refractivity contribution in [3.8, 4) is 0 Å². The maximum Gasteiger partial charge on any atom is 0.132 e. The Labute approximate surface area is 118 Å². The van der Waals surface area contributed by atoms with Gasteiger partial charge < -0.3 is 10.6 Å². The van der Waals surface area contributed by atoms with Crippen LogP contribution in [0.25, 0.3) is 10.9 Å². The Balaban J connectivity index is 2.05. The third kappa shape index (κ3) is 2.69. The number of hydrogen-bond acceptors (Lipinski definition) is 4. The summed E-state index contributed by atoms with van der Waals surface area (Å²) >= 11 is 2.02. The minimum Gasteiger partial charge on any atom is -0.355 e. The SMILES string of the molecule is NCCc1cc2ccccc2nc1N1CCSCC1. The lowest BCUT2D eigenvalue weighted by atomic mass is 10.1. The first-order chi connectivity index (χ1) is 9.38. The molecule has 1 saturated heterocycles. The van der Waals surface area contributed by atoms with Crippen molar-refractivity contribution in [3.05, 3.63) is 35.9 Å². The van der Waals surface area contributed by atoms with Gasteiger partial charge in [-0.15, -0.1) is 0 Å². The number of hydrogen-bond donors (Lipinski definition) is 1. The second-order valence-corrected chi connectivity index (χ2v) is 6.03. The van der Waals surface area contributed by atoms with Gasteiger partial charge in [0.1, 0.15) is 5.82 Å². The standard InChI is InChI=1S/C15H19N3S/c16-6-5-13-11-12-3-1-2-4-14(12)17-15(13)18-7-9-19-10-8-18/h1-4,11H,5-10,16H2. The number of nitrogens with two attached hydrogens (primary N) is 1. The molecule has 0 radical (unpaired) electrons. The van der Waals surface area contributed by atoms with Crippen molar-refractivity contribution < 1.29 is 0 Å². The van der Waals surface area contributed by atoms with Crippen LogP contribution >= 0.6 is 11.8 Å². The first-order valence-corrected chi connectivity index (χ1v) is 7.95. The monoisotopic (exact) mass is 273 g/mol. The van der Waals surface area contributed by atoms with Crippen molar-refractivity contribution in [2.75, 3.05) is 36.0 Å². The smallest absolute Gasteiger partial charge is 0.132 e. The van der Waals surface area contributed by atoms with Gasteiger partial charge in [0.15, 0.2) is 0 Å². The van der Waals surface area contributed by atoms with Crippen LogP contribution in [-0.4, -0.2) is 36.1 Å². The molecule has 0 amide bonds. The zero-order chi connectivity index (χ0) is 13.1. The van der Waals surface area contributed by atoms with E-state index in [1.807, 2.05) is 17.8 Å². The molecule has 1 aliphatic rings. The van der Waals surface area contributed by atoms with Gasteiger partial charge in [-0.05, 0) is 30.7 Å². The lowest BCUT2D eigenvalue weighted by Gasteiger charge is -2.29. The molecule has 0 unspecified atom stereocenters. The molecular formula is C15H19N3S. The molecule has 3 rings (SSSR count). The molecule has 1 fully saturated rings. The van der Waals surface area contributed by atoms with Crippen molar-refractivity contribution in [1.29, 1.82) is 0 Å². The van der Waals surface area contributed by atoms with Crippen molar-refractivity contribution in [1.82, 2.24) is 4.98 Å². The third-order valence-corrected chi connectivity index (χ3v) is 4.45. The Bertz CT molecular complexity index is 564. The molecule has 100 valence electrons. The van der Waals surface area contributed by atoms with E-state index in [0.29, 0.717) is 6.54 Å². The molecule has 2 N–H and O–H groups in total. The zero-order valence-electron chi connectivity index (χ0n) is 11.0. The number of fused-ring (bicyclic) bond motifs is 1. The highest BCUT2D eigenvalue weighted by atomic mass is 32.2. The van der Waals surface area contributed by atoms with E-state index in [1.54, 1.807) is 0 Å². The van der Waals surface area contributed by atoms with E-state index in [9.17, 15) is 0 Å². The highest BCUT2D eigenvalue weighted by Gasteiger charge is 2.16. The summed E-state index contributed by atoms with van der Waals surface area (Å²) in [5.74, 6) is 3.53. The molecule has 0 atom stereocenters. The average Bonchev–Trinajstić information content (AvgIpc) is 2.48. The molecule has 0 bridgehead atoms. The van der Waals surface area contributed by atoms with Crippen LogP contribution in [-0.2, 0) is 6.42 Å². The highest BCUT2D eigenvalue weighted by molar-refractivity contribution is 7.99. The minimum atomic E-state index is 0.676. The molecule has 0 spiro atoms. The van der Waals surface area contributed by atoms with E-state index < -0.39 is 0 Å². The van der Waals surface area contributed by atoms with Gasteiger partial charge in [-0.2, -0.15) is 11.8 Å². The number of pyridine rings is 1. The predicted octanol–water partition coefficient (Wildman–Crippen LogP) is 2.29. The van der Waals surface area contributed by atoms with Gasteiger partial charge in [0.25, 0.3) is 0 Å². The first kappa shape index (κ1) is 12.8. The van der Waals surface area contributed by atoms with E-state index >= 15 is 0 Å². The first-order valence-electron chi connectivity index (χ1n) is 6.80. The van der Waals surface area contributed by atoms with Gasteiger partial charge in [-0.25, -0.2) is 4.98 Å². The molecule has 0 aliphatic carbocycles. The largest absolute Gasteiger partial charge is 0.355 e. The second-order valence-electron chi connectivity index (χ2n) is 4.80. The van der Waals surface area contributed by atoms with Crippen LogP contribution in [0.4, 0.5) is 5.82 Å². The Hall–Kier alpha value is -1.26. The van der Waals surface area contributed by atoms with Gasteiger partial charge in [0, 0.05) is 30.0 Å². The molecule has 2 heterocycles. The quantitative estimate of drug-likeness (QED) is 0.931. The molecule has 19 heavy (non-hydrogen) atoms. The molecule has 1 aromatic carbocycles. The summed E-state index contributed by atoms with van der Waals surface area (Å²) in [5.41, 5.74) is 8.12. The fraction of sp³-hybridized carbons (Fsp3) is 0.400. The molecule has 2 aromatic rings. The summed E-state index contributed by atoms with van der Waals surface area (Å²) in [6.45, 7) is 2.86. The zero-order valence-corrected chi connectivity index (χ0v) is 11.8. The van der Waals surface area contributed by atoms with Crippen molar-refractivity contribution >= 4 is 28.5 Å². The van der Waals surface area contributed by atoms with Gasteiger partial charge >= 0.3 is 0 Å². The van der Waals surface area contributed by atoms with Crippen molar-refractivity contribution in [2.24, 2.45) is 5.73 Å². The fourth-order valence-electron chi connectivity index (χ4n) is 2.54. The maximum absolute atomic E-state index is 5.75. The van der Waals surface area contributed by atoms with Gasteiger partial charge in [-0.1, -0.05) is 18.2 Å². The Kier molecular flexibility index (Phi) is 3.89. The van der Waals surface area contributed by atoms with E-state index in [-0.39, 0.29) is 0 Å². The van der Waals surface area contributed by atoms with Crippen LogP contribution in [0.5, 0.6) is 0 Å². The summed E-state index contributed by atoms with van der Waals surface area (Å²) in [4.78, 5) is 7.29. The summed E-state index contributed by atoms with van der Waals surface area (Å²) in [5, 5.41) is 1.21. The van der Waals surface area contributed by atoms with E-state index in [0.717, 1.165) is 30.8 Å². The number of thioether (sulfide) groups is 1. The van der Waals surface area contributed by atoms with Crippen LogP contribution in [0.1, 0.15) is 5.56 Å². The minimum absolute atomic E-state index is 0.676. The van der Waals surface area contributed by atoms with Crippen molar-refractivity contribution in [2.45, 2.75) is 6.42 Å². The van der Waals surface area contributed by atoms with Crippen LogP contribution < -0.4 is 10.6 Å². The third-order valence-electron chi connectivity index (χ3n) is 3.50. The molecule has 0 saturated carbocycles. The summed E-state index contributed by atoms with van der Waals surface area (Å²) in [6.07, 6.45) is 0.900. The van der Waals surface area contributed by atoms with Crippen LogP contribution in [0.2, 0.25) is 0 Å². The number of anilines is 1. The lowest BCUT2D eigenvalue weighted by Crippen LogP contribution is -2.34. The molecule has 1 aromatic heterocycles. The summed E-state index contributed by atoms with van der Waals surface area (Å²) < 4.78 is 0. The number of benzene rings is 1. The molecule has 1 aliphatic heterocycles. The molecule has 3 nitrogen and oxygen atoms in total. The Morgan fingerprint density at radius 3 is 2.79 bits per heavy atom. The Morgan fingerprint density at radius 2 is 2.00 bits per heavy atom. The van der Waals surface area contributed by atoms with Gasteiger partial charge in [0.2, 0.25) is 0 Å². The second kappa shape index (κ2) is 5.80. The number of rotatable bonds is 3. The maximum atomic E-state index is 5.75. The predicted molar refractivity (Wildman–Crippen MR) is 84.0 cm³/mol. The Morgan fingerprint density at radius 1 is 1.21 bits per heavy atom. The van der Waals surface area contributed by atoms with E-state index in [2.05, 4.69) is 29.2 Å². The van der Waals surface area contributed by atoms with E-state index in [1.165, 1.54) is 22.5 Å². The number of para-hydroxylation sites is 1.